The molecule has 1 aromatic rings. The van der Waals surface area contributed by atoms with Gasteiger partial charge in [0.2, 0.25) is 0 Å². The van der Waals surface area contributed by atoms with E-state index in [4.69, 9.17) is 9.84 Å². The number of halogens is 1. The van der Waals surface area contributed by atoms with Crippen molar-refractivity contribution in [2.75, 3.05) is 7.11 Å². The molecule has 0 unspecified atom stereocenters. The summed E-state index contributed by atoms with van der Waals surface area (Å²) < 4.78 is 18.1. The quantitative estimate of drug-likeness (QED) is 0.793. The Kier molecular flexibility index (Phi) is 3.62. The van der Waals surface area contributed by atoms with Crippen molar-refractivity contribution in [3.05, 3.63) is 29.6 Å². The minimum atomic E-state index is -1.40. The molecule has 0 spiro atoms. The normalized spacial score (nSPS) is 12.2. The van der Waals surface area contributed by atoms with Crippen LogP contribution in [-0.4, -0.2) is 23.3 Å². The summed E-state index contributed by atoms with van der Waals surface area (Å²) in [4.78, 5) is 10.4. The molecule has 0 amide bonds. The number of ether oxygens (including phenoxy) is 1. The molecule has 0 aliphatic rings. The van der Waals surface area contributed by atoms with Crippen LogP contribution in [0, 0.1) is 5.82 Å². The number of carboxylic acid groups (broad SMARTS) is 1. The lowest BCUT2D eigenvalue weighted by molar-refractivity contribution is -0.139. The molecule has 1 aromatic carbocycles. The molecular weight excluding hydrogens is 203 g/mol. The Morgan fingerprint density at radius 2 is 2.27 bits per heavy atom. The van der Waals surface area contributed by atoms with Crippen molar-refractivity contribution in [1.82, 2.24) is 0 Å². The monoisotopic (exact) mass is 214 g/mol. The topological polar surface area (TPSA) is 66.8 Å². The summed E-state index contributed by atoms with van der Waals surface area (Å²) in [7, 11) is 1.33. The second kappa shape index (κ2) is 4.75. The van der Waals surface area contributed by atoms with Crippen LogP contribution in [0.1, 0.15) is 18.1 Å². The van der Waals surface area contributed by atoms with Crippen LogP contribution in [0.25, 0.3) is 0 Å². The molecule has 0 heterocycles. The Morgan fingerprint density at radius 3 is 2.80 bits per heavy atom. The van der Waals surface area contributed by atoms with Gasteiger partial charge in [0.05, 0.1) is 25.2 Å². The number of carboxylic acids is 1. The minimum Gasteiger partial charge on any atom is -0.496 e. The van der Waals surface area contributed by atoms with E-state index in [-0.39, 0.29) is 11.3 Å². The fraction of sp³-hybridized carbons (Fsp3) is 0.300. The van der Waals surface area contributed by atoms with Crippen LogP contribution in [0.3, 0.4) is 0 Å². The number of aliphatic hydroxyl groups is 1. The minimum absolute atomic E-state index is 0.123. The van der Waals surface area contributed by atoms with Crippen LogP contribution >= 0.6 is 0 Å². The molecular formula is C10H11FO4. The second-order valence-electron chi connectivity index (χ2n) is 2.97. The van der Waals surface area contributed by atoms with Gasteiger partial charge in [0, 0.05) is 0 Å². The first-order chi connectivity index (χ1) is 7.06. The fourth-order valence-electron chi connectivity index (χ4n) is 1.29. The molecule has 0 saturated heterocycles. The lowest BCUT2D eigenvalue weighted by Gasteiger charge is -2.13. The zero-order chi connectivity index (χ0) is 11.4. The van der Waals surface area contributed by atoms with Crippen LogP contribution in [0.4, 0.5) is 4.39 Å². The summed E-state index contributed by atoms with van der Waals surface area (Å²) in [5.74, 6) is -1.74. The van der Waals surface area contributed by atoms with Crippen molar-refractivity contribution in [1.29, 1.82) is 0 Å². The molecule has 82 valence electrons. The van der Waals surface area contributed by atoms with Crippen LogP contribution in [0.5, 0.6) is 5.75 Å². The highest BCUT2D eigenvalue weighted by atomic mass is 19.1. The molecule has 4 nitrogen and oxygen atoms in total. The molecule has 0 aromatic heterocycles. The number of aliphatic carboxylic acids is 1. The van der Waals surface area contributed by atoms with Gasteiger partial charge in [-0.2, -0.15) is 0 Å². The number of hydrogen-bond acceptors (Lipinski definition) is 3. The van der Waals surface area contributed by atoms with Crippen molar-refractivity contribution in [3.63, 3.8) is 0 Å². The average Bonchev–Trinajstić information content (AvgIpc) is 2.15. The molecule has 15 heavy (non-hydrogen) atoms. The molecule has 1 atom stereocenters. The maximum Gasteiger partial charge on any atom is 0.306 e. The van der Waals surface area contributed by atoms with Crippen molar-refractivity contribution in [2.24, 2.45) is 0 Å². The second-order valence-corrected chi connectivity index (χ2v) is 2.97. The van der Waals surface area contributed by atoms with Gasteiger partial charge in [-0.15, -0.1) is 0 Å². The Balaban J connectivity index is 3.05. The number of hydrogen-bond donors (Lipinski definition) is 2. The molecule has 2 N–H and O–H groups in total. The summed E-state index contributed by atoms with van der Waals surface area (Å²) in [6.07, 6.45) is -1.96. The molecule has 0 radical (unpaired) electrons. The van der Waals surface area contributed by atoms with Crippen molar-refractivity contribution < 1.29 is 24.1 Å². The van der Waals surface area contributed by atoms with E-state index in [9.17, 15) is 14.3 Å². The number of aliphatic hydroxyl groups excluding tert-OH is 1. The van der Waals surface area contributed by atoms with E-state index in [2.05, 4.69) is 0 Å². The first kappa shape index (κ1) is 11.5. The molecule has 0 bridgehead atoms. The van der Waals surface area contributed by atoms with E-state index < -0.39 is 24.3 Å². The molecule has 0 aliphatic carbocycles. The summed E-state index contributed by atoms with van der Waals surface area (Å²) in [6.45, 7) is 0. The van der Waals surface area contributed by atoms with Gasteiger partial charge in [0.25, 0.3) is 0 Å². The number of methoxy groups -OCH3 is 1. The SMILES string of the molecule is COc1cccc(F)c1[C@@H](O)CC(=O)O. The van der Waals surface area contributed by atoms with Gasteiger partial charge in [-0.3, -0.25) is 4.79 Å². The maximum absolute atomic E-state index is 13.3. The van der Waals surface area contributed by atoms with E-state index in [0.29, 0.717) is 0 Å². The predicted molar refractivity (Wildman–Crippen MR) is 50.2 cm³/mol. The highest BCUT2D eigenvalue weighted by Crippen LogP contribution is 2.29. The van der Waals surface area contributed by atoms with Gasteiger partial charge in [0.15, 0.2) is 0 Å². The van der Waals surface area contributed by atoms with E-state index in [1.54, 1.807) is 0 Å². The maximum atomic E-state index is 13.3. The van der Waals surface area contributed by atoms with Crippen molar-refractivity contribution >= 4 is 5.97 Å². The van der Waals surface area contributed by atoms with Gasteiger partial charge >= 0.3 is 5.97 Å². The third kappa shape index (κ3) is 2.66. The van der Waals surface area contributed by atoms with Crippen molar-refractivity contribution in [2.45, 2.75) is 12.5 Å². The Morgan fingerprint density at radius 1 is 1.60 bits per heavy atom. The highest BCUT2D eigenvalue weighted by molar-refractivity contribution is 5.68. The van der Waals surface area contributed by atoms with Crippen molar-refractivity contribution in [3.8, 4) is 5.75 Å². The largest absolute Gasteiger partial charge is 0.496 e. The zero-order valence-corrected chi connectivity index (χ0v) is 8.11. The number of rotatable bonds is 4. The summed E-state index contributed by atoms with van der Waals surface area (Å²) in [5.41, 5.74) is -0.123. The van der Waals surface area contributed by atoms with Crippen LogP contribution in [0.15, 0.2) is 18.2 Å². The lowest BCUT2D eigenvalue weighted by Crippen LogP contribution is -2.08. The fourth-order valence-corrected chi connectivity index (χ4v) is 1.29. The standard InChI is InChI=1S/C10H11FO4/c1-15-8-4-2-3-6(11)10(8)7(12)5-9(13)14/h2-4,7,12H,5H2,1H3,(H,13,14)/t7-/m0/s1. The first-order valence-electron chi connectivity index (χ1n) is 4.28. The smallest absolute Gasteiger partial charge is 0.306 e. The van der Waals surface area contributed by atoms with Gasteiger partial charge in [-0.25, -0.2) is 4.39 Å². The highest BCUT2D eigenvalue weighted by Gasteiger charge is 2.20. The van der Waals surface area contributed by atoms with E-state index in [0.717, 1.165) is 6.07 Å². The summed E-state index contributed by atoms with van der Waals surface area (Å²) >= 11 is 0. The van der Waals surface area contributed by atoms with Gasteiger partial charge in [-0.1, -0.05) is 6.07 Å². The lowest BCUT2D eigenvalue weighted by atomic mass is 10.0. The van der Waals surface area contributed by atoms with Gasteiger partial charge in [0.1, 0.15) is 11.6 Å². The zero-order valence-electron chi connectivity index (χ0n) is 8.11. The van der Waals surface area contributed by atoms with E-state index >= 15 is 0 Å². The van der Waals surface area contributed by atoms with Crippen LogP contribution < -0.4 is 4.74 Å². The number of carbonyl (C=O) groups is 1. The average molecular weight is 214 g/mol. The number of benzene rings is 1. The molecule has 0 saturated carbocycles. The van der Waals surface area contributed by atoms with Gasteiger partial charge in [-0.05, 0) is 12.1 Å². The predicted octanol–water partition coefficient (Wildman–Crippen LogP) is 1.34. The van der Waals surface area contributed by atoms with Gasteiger partial charge < -0.3 is 14.9 Å². The molecule has 1 rings (SSSR count). The van der Waals surface area contributed by atoms with Crippen LogP contribution in [-0.2, 0) is 4.79 Å². The van der Waals surface area contributed by atoms with Crippen LogP contribution in [0.2, 0.25) is 0 Å². The summed E-state index contributed by atoms with van der Waals surface area (Å²) in [6, 6.07) is 4.03. The molecule has 5 heteroatoms. The summed E-state index contributed by atoms with van der Waals surface area (Å²) in [5, 5.41) is 18.0. The van der Waals surface area contributed by atoms with E-state index in [1.165, 1.54) is 19.2 Å². The third-order valence-corrected chi connectivity index (χ3v) is 1.93. The third-order valence-electron chi connectivity index (χ3n) is 1.93. The molecule has 0 fully saturated rings. The van der Waals surface area contributed by atoms with E-state index in [1.807, 2.05) is 0 Å². The Hall–Kier alpha value is -1.62. The Labute approximate surface area is 85.9 Å². The Bertz CT molecular complexity index is 364. The molecule has 0 aliphatic heterocycles. The first-order valence-corrected chi connectivity index (χ1v) is 4.28.